The van der Waals surface area contributed by atoms with Crippen LogP contribution in [0.1, 0.15) is 40.5 Å². The van der Waals surface area contributed by atoms with E-state index in [-0.39, 0.29) is 5.54 Å². The maximum absolute atomic E-state index is 10.1. The molecule has 0 aromatic rings. The molecule has 3 nitrogen and oxygen atoms in total. The highest BCUT2D eigenvalue weighted by Crippen LogP contribution is 2.23. The highest BCUT2D eigenvalue weighted by atomic mass is 16.6. The monoisotopic (exact) mass is 201 g/mol. The van der Waals surface area contributed by atoms with Crippen LogP contribution in [0.3, 0.4) is 0 Å². The SMILES string of the molecule is CC[C@]1(O)CN(C(C)(C)C)CCCO1. The standard InChI is InChI=1S/C11H23NO2/c1-5-11(13)9-12(10(2,3)4)7-6-8-14-11/h13H,5-9H2,1-4H3/t11-/m1/s1. The minimum absolute atomic E-state index is 0.108. The van der Waals surface area contributed by atoms with Crippen molar-refractivity contribution in [3.8, 4) is 0 Å². The zero-order chi connectivity index (χ0) is 10.8. The van der Waals surface area contributed by atoms with Crippen LogP contribution in [0.15, 0.2) is 0 Å². The van der Waals surface area contributed by atoms with E-state index in [1.165, 1.54) is 0 Å². The second-order valence-electron chi connectivity index (χ2n) is 5.09. The molecule has 1 rings (SSSR count). The molecule has 1 heterocycles. The van der Waals surface area contributed by atoms with Crippen LogP contribution in [-0.4, -0.2) is 41.0 Å². The summed E-state index contributed by atoms with van der Waals surface area (Å²) in [7, 11) is 0. The molecule has 84 valence electrons. The van der Waals surface area contributed by atoms with Gasteiger partial charge in [0.1, 0.15) is 0 Å². The Kier molecular flexibility index (Phi) is 3.56. The average molecular weight is 201 g/mol. The van der Waals surface area contributed by atoms with Gasteiger partial charge in [0.25, 0.3) is 0 Å². The summed E-state index contributed by atoms with van der Waals surface area (Å²) in [5.74, 6) is -0.941. The molecule has 0 unspecified atom stereocenters. The van der Waals surface area contributed by atoms with E-state index in [0.717, 1.165) is 13.0 Å². The Morgan fingerprint density at radius 3 is 2.57 bits per heavy atom. The van der Waals surface area contributed by atoms with Gasteiger partial charge in [0.15, 0.2) is 5.79 Å². The van der Waals surface area contributed by atoms with Crippen LogP contribution in [0.5, 0.6) is 0 Å². The summed E-state index contributed by atoms with van der Waals surface area (Å²) >= 11 is 0. The molecule has 0 bridgehead atoms. The van der Waals surface area contributed by atoms with Crippen LogP contribution in [0.25, 0.3) is 0 Å². The van der Waals surface area contributed by atoms with Crippen molar-refractivity contribution in [2.24, 2.45) is 0 Å². The molecular weight excluding hydrogens is 178 g/mol. The summed E-state index contributed by atoms with van der Waals surface area (Å²) < 4.78 is 5.48. The van der Waals surface area contributed by atoms with Crippen molar-refractivity contribution in [3.63, 3.8) is 0 Å². The molecule has 1 aliphatic heterocycles. The highest BCUT2D eigenvalue weighted by molar-refractivity contribution is 4.83. The van der Waals surface area contributed by atoms with Crippen molar-refractivity contribution in [1.29, 1.82) is 0 Å². The van der Waals surface area contributed by atoms with Gasteiger partial charge in [-0.2, -0.15) is 0 Å². The van der Waals surface area contributed by atoms with Gasteiger partial charge in [-0.1, -0.05) is 6.92 Å². The summed E-state index contributed by atoms with van der Waals surface area (Å²) in [5, 5.41) is 10.1. The van der Waals surface area contributed by atoms with Gasteiger partial charge in [-0.15, -0.1) is 0 Å². The van der Waals surface area contributed by atoms with Crippen LogP contribution < -0.4 is 0 Å². The van der Waals surface area contributed by atoms with Crippen molar-refractivity contribution < 1.29 is 9.84 Å². The maximum Gasteiger partial charge on any atom is 0.178 e. The van der Waals surface area contributed by atoms with Gasteiger partial charge >= 0.3 is 0 Å². The molecule has 1 fully saturated rings. The van der Waals surface area contributed by atoms with Gasteiger partial charge in [0, 0.05) is 12.1 Å². The van der Waals surface area contributed by atoms with Crippen molar-refractivity contribution >= 4 is 0 Å². The molecule has 1 N–H and O–H groups in total. The Morgan fingerprint density at radius 1 is 1.43 bits per heavy atom. The highest BCUT2D eigenvalue weighted by Gasteiger charge is 2.34. The maximum atomic E-state index is 10.1. The number of β-amino-alcohol motifs (C(OH)–C–C–N with tert-alkyl or cyclic N) is 1. The molecule has 0 radical (unpaired) electrons. The molecule has 0 saturated carbocycles. The molecule has 1 saturated heterocycles. The fraction of sp³-hybridized carbons (Fsp3) is 1.00. The largest absolute Gasteiger partial charge is 0.364 e. The average Bonchev–Trinajstić information content (AvgIpc) is 2.27. The van der Waals surface area contributed by atoms with Crippen LogP contribution in [-0.2, 0) is 4.74 Å². The molecule has 1 atom stereocenters. The summed E-state index contributed by atoms with van der Waals surface area (Å²) in [6.45, 7) is 10.8. The lowest BCUT2D eigenvalue weighted by molar-refractivity contribution is -0.208. The third-order valence-corrected chi connectivity index (χ3v) is 2.88. The van der Waals surface area contributed by atoms with E-state index < -0.39 is 5.79 Å². The van der Waals surface area contributed by atoms with E-state index >= 15 is 0 Å². The Bertz CT molecular complexity index is 188. The Labute approximate surface area is 87.1 Å². The van der Waals surface area contributed by atoms with Crippen LogP contribution in [0.4, 0.5) is 0 Å². The van der Waals surface area contributed by atoms with Crippen molar-refractivity contribution in [3.05, 3.63) is 0 Å². The van der Waals surface area contributed by atoms with E-state index in [9.17, 15) is 5.11 Å². The zero-order valence-electron chi connectivity index (χ0n) is 9.84. The van der Waals surface area contributed by atoms with E-state index in [2.05, 4.69) is 25.7 Å². The van der Waals surface area contributed by atoms with Gasteiger partial charge in [-0.05, 0) is 33.6 Å². The van der Waals surface area contributed by atoms with Gasteiger partial charge in [-0.25, -0.2) is 0 Å². The van der Waals surface area contributed by atoms with E-state index in [0.29, 0.717) is 19.6 Å². The lowest BCUT2D eigenvalue weighted by atomic mass is 10.0. The molecule has 3 heteroatoms. The van der Waals surface area contributed by atoms with Crippen LogP contribution >= 0.6 is 0 Å². The number of rotatable bonds is 1. The van der Waals surface area contributed by atoms with Crippen LogP contribution in [0.2, 0.25) is 0 Å². The number of hydrogen-bond donors (Lipinski definition) is 1. The minimum atomic E-state index is -0.941. The summed E-state index contributed by atoms with van der Waals surface area (Å²) in [6.07, 6.45) is 1.65. The van der Waals surface area contributed by atoms with Gasteiger partial charge in [0.2, 0.25) is 0 Å². The minimum Gasteiger partial charge on any atom is -0.364 e. The van der Waals surface area contributed by atoms with Crippen molar-refractivity contribution in [2.75, 3.05) is 19.7 Å². The first-order chi connectivity index (χ1) is 6.37. The Hall–Kier alpha value is -0.120. The predicted molar refractivity (Wildman–Crippen MR) is 57.1 cm³/mol. The topological polar surface area (TPSA) is 32.7 Å². The number of aliphatic hydroxyl groups is 1. The molecule has 0 aliphatic carbocycles. The first-order valence-corrected chi connectivity index (χ1v) is 5.49. The normalized spacial score (nSPS) is 31.5. The second kappa shape index (κ2) is 4.17. The molecule has 0 spiro atoms. The van der Waals surface area contributed by atoms with Crippen molar-refractivity contribution in [2.45, 2.75) is 51.9 Å². The number of hydrogen-bond acceptors (Lipinski definition) is 3. The molecule has 0 aromatic carbocycles. The predicted octanol–water partition coefficient (Wildman–Crippen LogP) is 1.61. The van der Waals surface area contributed by atoms with E-state index in [4.69, 9.17) is 4.74 Å². The third-order valence-electron chi connectivity index (χ3n) is 2.88. The summed E-state index contributed by atoms with van der Waals surface area (Å²) in [5.41, 5.74) is 0.108. The fourth-order valence-electron chi connectivity index (χ4n) is 1.73. The lowest BCUT2D eigenvalue weighted by Crippen LogP contribution is -2.50. The van der Waals surface area contributed by atoms with Gasteiger partial charge < -0.3 is 9.84 Å². The fourth-order valence-corrected chi connectivity index (χ4v) is 1.73. The first-order valence-electron chi connectivity index (χ1n) is 5.49. The molecule has 0 amide bonds. The molecule has 0 aromatic heterocycles. The Morgan fingerprint density at radius 2 is 2.07 bits per heavy atom. The summed E-state index contributed by atoms with van der Waals surface area (Å²) in [6, 6.07) is 0. The first kappa shape index (κ1) is 12.0. The summed E-state index contributed by atoms with van der Waals surface area (Å²) in [4.78, 5) is 2.30. The number of nitrogens with zero attached hydrogens (tertiary/aromatic N) is 1. The van der Waals surface area contributed by atoms with Gasteiger partial charge in [-0.3, -0.25) is 4.90 Å². The quantitative estimate of drug-likeness (QED) is 0.699. The van der Waals surface area contributed by atoms with Crippen LogP contribution in [0, 0.1) is 0 Å². The van der Waals surface area contributed by atoms with Gasteiger partial charge in [0.05, 0.1) is 13.2 Å². The lowest BCUT2D eigenvalue weighted by Gasteiger charge is -2.38. The van der Waals surface area contributed by atoms with E-state index in [1.54, 1.807) is 0 Å². The number of ether oxygens (including phenoxy) is 1. The third kappa shape index (κ3) is 2.94. The molecular formula is C11H23NO2. The second-order valence-corrected chi connectivity index (χ2v) is 5.09. The molecule has 14 heavy (non-hydrogen) atoms. The van der Waals surface area contributed by atoms with E-state index in [1.807, 2.05) is 6.92 Å². The Balaban J connectivity index is 2.70. The molecule has 1 aliphatic rings. The zero-order valence-corrected chi connectivity index (χ0v) is 9.84. The van der Waals surface area contributed by atoms with Crippen molar-refractivity contribution in [1.82, 2.24) is 4.90 Å². The smallest absolute Gasteiger partial charge is 0.178 e.